The van der Waals surface area contributed by atoms with E-state index in [0.717, 1.165) is 5.56 Å². The number of carbonyl (C=O) groups is 1. The molecule has 1 amide bonds. The van der Waals surface area contributed by atoms with Crippen LogP contribution in [0.3, 0.4) is 0 Å². The van der Waals surface area contributed by atoms with Gasteiger partial charge in [-0.15, -0.1) is 0 Å². The number of hydrogen-bond acceptors (Lipinski definition) is 5. The number of alkyl carbamates (subject to hydrolysis) is 1. The fraction of sp³-hybridized carbons (Fsp3) is 0.150. The van der Waals surface area contributed by atoms with Crippen LogP contribution in [0.5, 0.6) is 0 Å². The van der Waals surface area contributed by atoms with E-state index in [1.165, 1.54) is 30.5 Å². The third-order valence-corrected chi connectivity index (χ3v) is 6.35. The van der Waals surface area contributed by atoms with E-state index < -0.39 is 21.2 Å². The number of ether oxygens (including phenoxy) is 1. The van der Waals surface area contributed by atoms with Gasteiger partial charge in [-0.3, -0.25) is 0 Å². The highest BCUT2D eigenvalue weighted by atomic mass is 35.5. The first kappa shape index (κ1) is 20.0. The zero-order chi connectivity index (χ0) is 20.0. The average molecular weight is 420 g/mol. The van der Waals surface area contributed by atoms with Crippen LogP contribution < -0.4 is 5.32 Å². The second-order valence-corrected chi connectivity index (χ2v) is 8.51. The van der Waals surface area contributed by atoms with Gasteiger partial charge in [0.1, 0.15) is 17.6 Å². The van der Waals surface area contributed by atoms with E-state index in [4.69, 9.17) is 20.8 Å². The molecule has 0 aliphatic carbocycles. The molecule has 1 N–H and O–H groups in total. The van der Waals surface area contributed by atoms with Crippen LogP contribution in [-0.2, 0) is 21.2 Å². The fourth-order valence-electron chi connectivity index (χ4n) is 2.58. The highest BCUT2D eigenvalue weighted by molar-refractivity contribution is 7.91. The van der Waals surface area contributed by atoms with Crippen molar-refractivity contribution >= 4 is 27.5 Å². The van der Waals surface area contributed by atoms with Crippen LogP contribution in [0, 0.1) is 0 Å². The third-order valence-electron chi connectivity index (χ3n) is 4.02. The van der Waals surface area contributed by atoms with Crippen LogP contribution in [0.15, 0.2) is 82.3 Å². The molecule has 1 unspecified atom stereocenters. The van der Waals surface area contributed by atoms with Crippen LogP contribution in [-0.4, -0.2) is 21.1 Å². The maximum atomic E-state index is 13.0. The van der Waals surface area contributed by atoms with Crippen LogP contribution in [0.1, 0.15) is 16.6 Å². The zero-order valence-electron chi connectivity index (χ0n) is 14.7. The third kappa shape index (κ3) is 4.94. The van der Waals surface area contributed by atoms with Crippen molar-refractivity contribution < 1.29 is 22.4 Å². The maximum Gasteiger partial charge on any atom is 0.407 e. The summed E-state index contributed by atoms with van der Waals surface area (Å²) in [7, 11) is -3.83. The minimum atomic E-state index is -3.83. The van der Waals surface area contributed by atoms with Crippen LogP contribution in [0.4, 0.5) is 4.79 Å². The molecular weight excluding hydrogens is 402 g/mol. The van der Waals surface area contributed by atoms with Crippen molar-refractivity contribution in [3.63, 3.8) is 0 Å². The summed E-state index contributed by atoms with van der Waals surface area (Å²) in [6, 6.07) is 18.1. The van der Waals surface area contributed by atoms with Crippen molar-refractivity contribution in [3.8, 4) is 0 Å². The molecule has 0 radical (unpaired) electrons. The van der Waals surface area contributed by atoms with Crippen LogP contribution in [0.2, 0.25) is 5.02 Å². The first-order valence-corrected chi connectivity index (χ1v) is 10.4. The number of amides is 1. The molecule has 28 heavy (non-hydrogen) atoms. The quantitative estimate of drug-likeness (QED) is 0.614. The summed E-state index contributed by atoms with van der Waals surface area (Å²) in [6.45, 7) is -0.117. The predicted molar refractivity (Wildman–Crippen MR) is 105 cm³/mol. The highest BCUT2D eigenvalue weighted by Gasteiger charge is 2.32. The summed E-state index contributed by atoms with van der Waals surface area (Å²) in [5.74, 6) is 0.221. The average Bonchev–Trinajstić information content (AvgIpc) is 3.22. The molecule has 0 fully saturated rings. The molecule has 8 heteroatoms. The minimum Gasteiger partial charge on any atom is -0.468 e. The lowest BCUT2D eigenvalue weighted by Crippen LogP contribution is -2.32. The maximum absolute atomic E-state index is 13.0. The molecule has 3 rings (SSSR count). The molecule has 3 aromatic rings. The SMILES string of the molecule is O=C(NCC(c1ccco1)S(=O)(=O)c1ccc(Cl)cc1)OCc1ccccc1. The molecule has 0 aliphatic rings. The standard InChI is InChI=1S/C20H18ClNO5S/c21-16-8-10-17(11-9-16)28(24,25)19(18-7-4-12-26-18)13-22-20(23)27-14-15-5-2-1-3-6-15/h1-12,19H,13-14H2,(H,22,23). The van der Waals surface area contributed by atoms with Gasteiger partial charge in [0, 0.05) is 11.6 Å². The Kier molecular flexibility index (Phi) is 6.38. The minimum absolute atomic E-state index is 0.0813. The molecule has 0 bridgehead atoms. The van der Waals surface area contributed by atoms with E-state index in [1.54, 1.807) is 12.1 Å². The molecule has 1 aromatic heterocycles. The predicted octanol–water partition coefficient (Wildman–Crippen LogP) is 4.37. The summed E-state index contributed by atoms with van der Waals surface area (Å²) in [4.78, 5) is 12.1. The summed E-state index contributed by atoms with van der Waals surface area (Å²) < 4.78 is 36.5. The van der Waals surface area contributed by atoms with E-state index in [1.807, 2.05) is 30.3 Å². The van der Waals surface area contributed by atoms with E-state index in [0.29, 0.717) is 5.02 Å². The van der Waals surface area contributed by atoms with Crippen molar-refractivity contribution in [2.45, 2.75) is 16.8 Å². The second kappa shape index (κ2) is 8.95. The summed E-state index contributed by atoms with van der Waals surface area (Å²) >= 11 is 5.84. The number of furan rings is 1. The van der Waals surface area contributed by atoms with Crippen molar-refractivity contribution in [1.29, 1.82) is 0 Å². The molecule has 1 atom stereocenters. The number of rotatable bonds is 7. The normalized spacial score (nSPS) is 12.3. The Morgan fingerprint density at radius 1 is 1.04 bits per heavy atom. The Bertz CT molecular complexity index is 1000. The van der Waals surface area contributed by atoms with Gasteiger partial charge in [0.15, 0.2) is 9.84 Å². The molecule has 6 nitrogen and oxygen atoms in total. The van der Waals surface area contributed by atoms with Gasteiger partial charge in [-0.2, -0.15) is 0 Å². The molecular formula is C20H18ClNO5S. The Morgan fingerprint density at radius 2 is 1.75 bits per heavy atom. The lowest BCUT2D eigenvalue weighted by molar-refractivity contribution is 0.139. The number of sulfone groups is 1. The Labute approximate surface area is 168 Å². The molecule has 0 saturated carbocycles. The summed E-state index contributed by atoms with van der Waals surface area (Å²) in [6.07, 6.45) is 0.666. The topological polar surface area (TPSA) is 85.6 Å². The van der Waals surface area contributed by atoms with Crippen LogP contribution >= 0.6 is 11.6 Å². The van der Waals surface area contributed by atoms with E-state index >= 15 is 0 Å². The van der Waals surface area contributed by atoms with Gasteiger partial charge in [-0.25, -0.2) is 13.2 Å². The van der Waals surface area contributed by atoms with Gasteiger partial charge in [-0.05, 0) is 42.0 Å². The number of hydrogen-bond donors (Lipinski definition) is 1. The lowest BCUT2D eigenvalue weighted by Gasteiger charge is -2.16. The first-order valence-electron chi connectivity index (χ1n) is 8.44. The van der Waals surface area contributed by atoms with E-state index in [9.17, 15) is 13.2 Å². The fourth-order valence-corrected chi connectivity index (χ4v) is 4.29. The van der Waals surface area contributed by atoms with Crippen molar-refractivity contribution in [1.82, 2.24) is 5.32 Å². The Balaban J connectivity index is 1.71. The highest BCUT2D eigenvalue weighted by Crippen LogP contribution is 2.29. The van der Waals surface area contributed by atoms with Gasteiger partial charge in [0.2, 0.25) is 0 Å². The number of halogens is 1. The van der Waals surface area contributed by atoms with Crippen molar-refractivity contribution in [2.75, 3.05) is 6.54 Å². The van der Waals surface area contributed by atoms with Gasteiger partial charge < -0.3 is 14.5 Å². The molecule has 2 aromatic carbocycles. The number of benzene rings is 2. The van der Waals surface area contributed by atoms with E-state index in [-0.39, 0.29) is 23.8 Å². The van der Waals surface area contributed by atoms with Crippen molar-refractivity contribution in [2.24, 2.45) is 0 Å². The first-order chi connectivity index (χ1) is 13.5. The Hall–Kier alpha value is -2.77. The van der Waals surface area contributed by atoms with Gasteiger partial charge in [0.05, 0.1) is 11.2 Å². The van der Waals surface area contributed by atoms with Crippen LogP contribution in [0.25, 0.3) is 0 Å². The number of carbonyl (C=O) groups excluding carboxylic acids is 1. The summed E-state index contributed by atoms with van der Waals surface area (Å²) in [5.41, 5.74) is 0.828. The van der Waals surface area contributed by atoms with Crippen molar-refractivity contribution in [3.05, 3.63) is 89.3 Å². The molecule has 0 aliphatic heterocycles. The van der Waals surface area contributed by atoms with Gasteiger partial charge in [0.25, 0.3) is 0 Å². The number of nitrogens with one attached hydrogen (secondary N) is 1. The largest absolute Gasteiger partial charge is 0.468 e. The molecule has 1 heterocycles. The molecule has 146 valence electrons. The smallest absolute Gasteiger partial charge is 0.407 e. The molecule has 0 spiro atoms. The van der Waals surface area contributed by atoms with Gasteiger partial charge >= 0.3 is 6.09 Å². The van der Waals surface area contributed by atoms with Gasteiger partial charge in [-0.1, -0.05) is 41.9 Å². The molecule has 0 saturated heterocycles. The summed E-state index contributed by atoms with van der Waals surface area (Å²) in [5, 5.41) is 1.83. The lowest BCUT2D eigenvalue weighted by atomic mass is 10.2. The Morgan fingerprint density at radius 3 is 2.39 bits per heavy atom. The second-order valence-electron chi connectivity index (χ2n) is 5.95. The zero-order valence-corrected chi connectivity index (χ0v) is 16.3. The monoisotopic (exact) mass is 419 g/mol. The van der Waals surface area contributed by atoms with E-state index in [2.05, 4.69) is 5.32 Å².